The number of esters is 1. The molecule has 0 aromatic heterocycles. The molecular formula is C12H21NO3. The second kappa shape index (κ2) is 6.51. The van der Waals surface area contributed by atoms with E-state index in [2.05, 4.69) is 0 Å². The molecule has 1 fully saturated rings. The van der Waals surface area contributed by atoms with Crippen molar-refractivity contribution in [1.29, 1.82) is 0 Å². The first-order valence-electron chi connectivity index (χ1n) is 6.10. The van der Waals surface area contributed by atoms with Crippen molar-refractivity contribution in [3.63, 3.8) is 0 Å². The van der Waals surface area contributed by atoms with E-state index in [0.29, 0.717) is 0 Å². The van der Waals surface area contributed by atoms with Crippen LogP contribution >= 0.6 is 0 Å². The maximum absolute atomic E-state index is 11.7. The van der Waals surface area contributed by atoms with Gasteiger partial charge >= 0.3 is 11.9 Å². The quantitative estimate of drug-likeness (QED) is 0.410. The molecule has 0 saturated heterocycles. The number of amides is 1. The summed E-state index contributed by atoms with van der Waals surface area (Å²) in [4.78, 5) is 24.6. The summed E-state index contributed by atoms with van der Waals surface area (Å²) in [6, 6.07) is 0.208. The van der Waals surface area contributed by atoms with Gasteiger partial charge in [-0.2, -0.15) is 0 Å². The third-order valence-electron chi connectivity index (χ3n) is 3.14. The largest absolute Gasteiger partial charge is 0.459 e. The van der Waals surface area contributed by atoms with Crippen LogP contribution in [0.5, 0.6) is 0 Å². The van der Waals surface area contributed by atoms with E-state index < -0.39 is 11.9 Å². The van der Waals surface area contributed by atoms with E-state index in [1.54, 1.807) is 18.9 Å². The zero-order valence-electron chi connectivity index (χ0n) is 10.2. The zero-order chi connectivity index (χ0) is 12.0. The first-order valence-corrected chi connectivity index (χ1v) is 6.10. The number of rotatable bonds is 2. The molecule has 4 heteroatoms. The summed E-state index contributed by atoms with van der Waals surface area (Å²) in [7, 11) is 1.70. The number of nitrogens with zero attached hydrogens (tertiary/aromatic N) is 1. The lowest BCUT2D eigenvalue weighted by atomic mass is 10.1. The van der Waals surface area contributed by atoms with Crippen LogP contribution in [-0.2, 0) is 14.3 Å². The van der Waals surface area contributed by atoms with Crippen molar-refractivity contribution in [2.75, 3.05) is 13.7 Å². The Kier molecular flexibility index (Phi) is 5.29. The van der Waals surface area contributed by atoms with E-state index >= 15 is 0 Å². The van der Waals surface area contributed by atoms with Crippen molar-refractivity contribution < 1.29 is 14.3 Å². The van der Waals surface area contributed by atoms with Crippen LogP contribution in [-0.4, -0.2) is 36.5 Å². The van der Waals surface area contributed by atoms with Crippen LogP contribution in [0.15, 0.2) is 0 Å². The Hall–Kier alpha value is -1.06. The molecule has 0 radical (unpaired) electrons. The van der Waals surface area contributed by atoms with E-state index in [9.17, 15) is 9.59 Å². The number of likely N-dealkylation sites (N-methyl/N-ethyl adjacent to an activating group) is 1. The highest BCUT2D eigenvalue weighted by atomic mass is 16.5. The Balaban J connectivity index is 2.50. The second-order valence-corrected chi connectivity index (χ2v) is 4.28. The van der Waals surface area contributed by atoms with Gasteiger partial charge < -0.3 is 9.64 Å². The molecule has 0 spiro atoms. The second-order valence-electron chi connectivity index (χ2n) is 4.28. The Morgan fingerprint density at radius 1 is 1.19 bits per heavy atom. The van der Waals surface area contributed by atoms with Gasteiger partial charge in [0.25, 0.3) is 0 Å². The van der Waals surface area contributed by atoms with Crippen molar-refractivity contribution in [3.8, 4) is 0 Å². The standard InChI is InChI=1S/C12H21NO3/c1-3-16-12(15)11(14)13(2)10-8-6-4-5-7-9-10/h10H,3-9H2,1-2H3. The summed E-state index contributed by atoms with van der Waals surface area (Å²) in [6.45, 7) is 1.96. The normalized spacial score (nSPS) is 17.6. The molecule has 0 atom stereocenters. The molecule has 0 bridgehead atoms. The number of ether oxygens (including phenoxy) is 1. The lowest BCUT2D eigenvalue weighted by molar-refractivity contribution is -0.160. The molecule has 0 aromatic rings. The van der Waals surface area contributed by atoms with E-state index in [0.717, 1.165) is 25.7 Å². The fourth-order valence-corrected chi connectivity index (χ4v) is 2.15. The SMILES string of the molecule is CCOC(=O)C(=O)N(C)C1CCCCCC1. The van der Waals surface area contributed by atoms with Crippen molar-refractivity contribution in [1.82, 2.24) is 4.90 Å². The minimum atomic E-state index is -0.728. The molecule has 0 N–H and O–H groups in total. The van der Waals surface area contributed by atoms with Crippen LogP contribution < -0.4 is 0 Å². The molecule has 1 amide bonds. The Bertz CT molecular complexity index is 245. The van der Waals surface area contributed by atoms with Gasteiger partial charge in [-0.3, -0.25) is 4.79 Å². The van der Waals surface area contributed by atoms with Crippen molar-refractivity contribution >= 4 is 11.9 Å². The molecule has 0 aliphatic heterocycles. The fraction of sp³-hybridized carbons (Fsp3) is 0.833. The summed E-state index contributed by atoms with van der Waals surface area (Å²) >= 11 is 0. The molecule has 0 heterocycles. The van der Waals surface area contributed by atoms with E-state index in [-0.39, 0.29) is 12.6 Å². The summed E-state index contributed by atoms with van der Waals surface area (Å²) < 4.78 is 4.72. The maximum atomic E-state index is 11.7. The molecule has 4 nitrogen and oxygen atoms in total. The van der Waals surface area contributed by atoms with Crippen molar-refractivity contribution in [2.24, 2.45) is 0 Å². The van der Waals surface area contributed by atoms with E-state index in [1.807, 2.05) is 0 Å². The monoisotopic (exact) mass is 227 g/mol. The third kappa shape index (κ3) is 3.51. The molecule has 1 saturated carbocycles. The first-order chi connectivity index (χ1) is 7.66. The number of hydrogen-bond donors (Lipinski definition) is 0. The molecule has 1 aliphatic rings. The third-order valence-corrected chi connectivity index (χ3v) is 3.14. The Morgan fingerprint density at radius 3 is 2.25 bits per heavy atom. The van der Waals surface area contributed by atoms with Gasteiger partial charge in [-0.1, -0.05) is 25.7 Å². The van der Waals surface area contributed by atoms with Gasteiger partial charge in [-0.25, -0.2) is 4.79 Å². The topological polar surface area (TPSA) is 46.6 Å². The summed E-state index contributed by atoms with van der Waals surface area (Å²) in [6.07, 6.45) is 6.76. The van der Waals surface area contributed by atoms with Crippen LogP contribution in [0.25, 0.3) is 0 Å². The number of carbonyl (C=O) groups excluding carboxylic acids is 2. The Morgan fingerprint density at radius 2 is 1.75 bits per heavy atom. The molecule has 92 valence electrons. The average molecular weight is 227 g/mol. The average Bonchev–Trinajstić information content (AvgIpc) is 2.56. The summed E-state index contributed by atoms with van der Waals surface area (Å²) in [5.74, 6) is -1.23. The minimum absolute atomic E-state index is 0.208. The predicted octanol–water partition coefficient (Wildman–Crippen LogP) is 1.73. The van der Waals surface area contributed by atoms with Crippen LogP contribution in [0.2, 0.25) is 0 Å². The molecule has 0 unspecified atom stereocenters. The maximum Gasteiger partial charge on any atom is 0.397 e. The van der Waals surface area contributed by atoms with Crippen LogP contribution in [0.3, 0.4) is 0 Å². The first kappa shape index (κ1) is 13.0. The highest BCUT2D eigenvalue weighted by Gasteiger charge is 2.26. The summed E-state index contributed by atoms with van der Waals surface area (Å²) in [5, 5.41) is 0. The number of carbonyl (C=O) groups is 2. The van der Waals surface area contributed by atoms with E-state index in [1.165, 1.54) is 12.8 Å². The van der Waals surface area contributed by atoms with Gasteiger partial charge in [0.1, 0.15) is 0 Å². The zero-order valence-corrected chi connectivity index (χ0v) is 10.2. The highest BCUT2D eigenvalue weighted by molar-refractivity contribution is 6.32. The molecular weight excluding hydrogens is 206 g/mol. The highest BCUT2D eigenvalue weighted by Crippen LogP contribution is 2.21. The minimum Gasteiger partial charge on any atom is -0.459 e. The van der Waals surface area contributed by atoms with Gasteiger partial charge in [-0.15, -0.1) is 0 Å². The van der Waals surface area contributed by atoms with Crippen LogP contribution in [0, 0.1) is 0 Å². The van der Waals surface area contributed by atoms with Gasteiger partial charge in [0.2, 0.25) is 0 Å². The van der Waals surface area contributed by atoms with Crippen molar-refractivity contribution in [3.05, 3.63) is 0 Å². The van der Waals surface area contributed by atoms with Gasteiger partial charge in [-0.05, 0) is 19.8 Å². The Labute approximate surface area is 96.9 Å². The van der Waals surface area contributed by atoms with E-state index in [4.69, 9.17) is 4.74 Å². The number of hydrogen-bond acceptors (Lipinski definition) is 3. The molecule has 1 aliphatic carbocycles. The van der Waals surface area contributed by atoms with Gasteiger partial charge in [0, 0.05) is 13.1 Å². The lowest BCUT2D eigenvalue weighted by Gasteiger charge is -2.26. The van der Waals surface area contributed by atoms with Gasteiger partial charge in [0.15, 0.2) is 0 Å². The van der Waals surface area contributed by atoms with Crippen molar-refractivity contribution in [2.45, 2.75) is 51.5 Å². The van der Waals surface area contributed by atoms with Crippen LogP contribution in [0.4, 0.5) is 0 Å². The van der Waals surface area contributed by atoms with Crippen LogP contribution in [0.1, 0.15) is 45.4 Å². The molecule has 1 rings (SSSR count). The fourth-order valence-electron chi connectivity index (χ4n) is 2.15. The van der Waals surface area contributed by atoms with Gasteiger partial charge in [0.05, 0.1) is 6.61 Å². The molecule has 16 heavy (non-hydrogen) atoms. The lowest BCUT2D eigenvalue weighted by Crippen LogP contribution is -2.41. The smallest absolute Gasteiger partial charge is 0.397 e. The summed E-state index contributed by atoms with van der Waals surface area (Å²) in [5.41, 5.74) is 0. The predicted molar refractivity (Wildman–Crippen MR) is 60.9 cm³/mol. The molecule has 0 aromatic carbocycles.